The van der Waals surface area contributed by atoms with Crippen molar-refractivity contribution in [2.24, 2.45) is 0 Å². The topological polar surface area (TPSA) is 87.7 Å². The first kappa shape index (κ1) is 15.3. The van der Waals surface area contributed by atoms with E-state index in [2.05, 4.69) is 15.4 Å². The van der Waals surface area contributed by atoms with Crippen molar-refractivity contribution in [2.45, 2.75) is 24.9 Å². The molecule has 2 aliphatic rings. The molecule has 23 heavy (non-hydrogen) atoms. The fraction of sp³-hybridized carbons (Fsp3) is 0.438. The van der Waals surface area contributed by atoms with Gasteiger partial charge in [0.1, 0.15) is 12.1 Å². The molecular weight excluding hydrogens is 298 g/mol. The molecule has 1 aromatic rings. The predicted molar refractivity (Wildman–Crippen MR) is 82.7 cm³/mol. The molecule has 0 unspecified atom stereocenters. The fourth-order valence-corrected chi connectivity index (χ4v) is 3.06. The Morgan fingerprint density at radius 3 is 2.61 bits per heavy atom. The molecule has 0 atom stereocenters. The lowest BCUT2D eigenvalue weighted by Gasteiger charge is -2.45. The number of likely N-dealkylation sites (tertiary alicyclic amines) is 1. The van der Waals surface area contributed by atoms with Crippen LogP contribution in [0.2, 0.25) is 0 Å². The van der Waals surface area contributed by atoms with Crippen LogP contribution in [0.25, 0.3) is 0 Å². The van der Waals surface area contributed by atoms with Gasteiger partial charge in [0.25, 0.3) is 5.91 Å². The number of carbonyl (C=O) groups excluding carboxylic acids is 3. The van der Waals surface area contributed by atoms with Gasteiger partial charge < -0.3 is 20.3 Å². The summed E-state index contributed by atoms with van der Waals surface area (Å²) in [5.41, 5.74) is 0.904. The minimum Gasteiger partial charge on any atom is -0.469 e. The van der Waals surface area contributed by atoms with Gasteiger partial charge in [-0.2, -0.15) is 0 Å². The van der Waals surface area contributed by atoms with Gasteiger partial charge in [-0.1, -0.05) is 12.1 Å². The molecule has 2 heterocycles. The van der Waals surface area contributed by atoms with Crippen LogP contribution in [0.1, 0.15) is 29.6 Å². The standard InChI is InChI=1S/C16H19N3O4/c1-23-14(21)10-13(20)19-8-6-16(7-9-19)17-12-5-3-2-4-11(12)15(22)18-16/h2-5,17H,6-10H2,1H3,(H,18,22). The monoisotopic (exact) mass is 317 g/mol. The van der Waals surface area contributed by atoms with Gasteiger partial charge in [-0.25, -0.2) is 0 Å². The Labute approximate surface area is 134 Å². The number of amides is 2. The second-order valence-corrected chi connectivity index (χ2v) is 5.84. The van der Waals surface area contributed by atoms with E-state index in [9.17, 15) is 14.4 Å². The third-order valence-electron chi connectivity index (χ3n) is 4.39. The highest BCUT2D eigenvalue weighted by Crippen LogP contribution is 2.31. The van der Waals surface area contributed by atoms with Gasteiger partial charge in [0, 0.05) is 31.6 Å². The van der Waals surface area contributed by atoms with Gasteiger partial charge in [0.2, 0.25) is 5.91 Å². The number of fused-ring (bicyclic) bond motifs is 1. The Balaban J connectivity index is 1.66. The van der Waals surface area contributed by atoms with Crippen LogP contribution in [0.5, 0.6) is 0 Å². The normalized spacial score (nSPS) is 18.7. The first-order valence-electron chi connectivity index (χ1n) is 7.57. The van der Waals surface area contributed by atoms with Gasteiger partial charge in [0.05, 0.1) is 12.7 Å². The number of esters is 1. The van der Waals surface area contributed by atoms with E-state index in [1.807, 2.05) is 18.2 Å². The zero-order valence-electron chi connectivity index (χ0n) is 12.9. The van der Waals surface area contributed by atoms with E-state index in [0.29, 0.717) is 31.5 Å². The molecule has 2 aliphatic heterocycles. The number of ether oxygens (including phenoxy) is 1. The van der Waals surface area contributed by atoms with Crippen LogP contribution in [-0.4, -0.2) is 48.5 Å². The molecule has 0 radical (unpaired) electrons. The number of benzene rings is 1. The van der Waals surface area contributed by atoms with Gasteiger partial charge in [0.15, 0.2) is 0 Å². The number of anilines is 1. The number of piperidine rings is 1. The number of para-hydroxylation sites is 1. The van der Waals surface area contributed by atoms with Gasteiger partial charge >= 0.3 is 5.97 Å². The van der Waals surface area contributed by atoms with Crippen LogP contribution < -0.4 is 10.6 Å². The first-order valence-corrected chi connectivity index (χ1v) is 7.57. The highest BCUT2D eigenvalue weighted by molar-refractivity contribution is 6.02. The summed E-state index contributed by atoms with van der Waals surface area (Å²) in [7, 11) is 1.26. The molecule has 1 saturated heterocycles. The molecule has 2 N–H and O–H groups in total. The number of hydrogen-bond donors (Lipinski definition) is 2. The van der Waals surface area contributed by atoms with Crippen molar-refractivity contribution >= 4 is 23.5 Å². The lowest BCUT2D eigenvalue weighted by atomic mass is 9.92. The van der Waals surface area contributed by atoms with Crippen LogP contribution in [-0.2, 0) is 14.3 Å². The summed E-state index contributed by atoms with van der Waals surface area (Å²) in [4.78, 5) is 37.1. The molecule has 2 amide bonds. The third kappa shape index (κ3) is 2.99. The summed E-state index contributed by atoms with van der Waals surface area (Å²) < 4.78 is 4.52. The molecule has 0 saturated carbocycles. The number of nitrogens with zero attached hydrogens (tertiary/aromatic N) is 1. The molecule has 7 nitrogen and oxygen atoms in total. The summed E-state index contributed by atoms with van der Waals surface area (Å²) in [5.74, 6) is -0.878. The second kappa shape index (κ2) is 5.91. The molecule has 7 heteroatoms. The first-order chi connectivity index (χ1) is 11.0. The molecule has 0 aromatic heterocycles. The van der Waals surface area contributed by atoms with Crippen LogP contribution >= 0.6 is 0 Å². The van der Waals surface area contributed by atoms with Crippen molar-refractivity contribution in [3.05, 3.63) is 29.8 Å². The number of methoxy groups -OCH3 is 1. The minimum absolute atomic E-state index is 0.103. The van der Waals surface area contributed by atoms with E-state index in [0.717, 1.165) is 5.69 Å². The molecule has 3 rings (SSSR count). The van der Waals surface area contributed by atoms with Crippen molar-refractivity contribution in [3.63, 3.8) is 0 Å². The number of nitrogens with one attached hydrogen (secondary N) is 2. The number of hydrogen-bond acceptors (Lipinski definition) is 5. The average Bonchev–Trinajstić information content (AvgIpc) is 2.55. The Hall–Kier alpha value is -2.57. The molecule has 0 bridgehead atoms. The molecule has 1 aromatic carbocycles. The average molecular weight is 317 g/mol. The zero-order valence-corrected chi connectivity index (χ0v) is 12.9. The van der Waals surface area contributed by atoms with E-state index in [4.69, 9.17) is 0 Å². The Bertz CT molecular complexity index is 650. The summed E-state index contributed by atoms with van der Waals surface area (Å²) in [6.07, 6.45) is 0.923. The van der Waals surface area contributed by atoms with E-state index in [1.165, 1.54) is 7.11 Å². The summed E-state index contributed by atoms with van der Waals surface area (Å²) in [5, 5.41) is 6.41. The van der Waals surface area contributed by atoms with Crippen LogP contribution in [0.3, 0.4) is 0 Å². The maximum atomic E-state index is 12.3. The van der Waals surface area contributed by atoms with Crippen molar-refractivity contribution in [1.82, 2.24) is 10.2 Å². The van der Waals surface area contributed by atoms with Crippen LogP contribution in [0, 0.1) is 0 Å². The number of carbonyl (C=O) groups is 3. The number of rotatable bonds is 2. The fourth-order valence-electron chi connectivity index (χ4n) is 3.06. The quantitative estimate of drug-likeness (QED) is 0.620. The highest BCUT2D eigenvalue weighted by atomic mass is 16.5. The molecule has 122 valence electrons. The second-order valence-electron chi connectivity index (χ2n) is 5.84. The largest absolute Gasteiger partial charge is 0.469 e. The summed E-state index contributed by atoms with van der Waals surface area (Å²) >= 11 is 0. The van der Waals surface area contributed by atoms with E-state index >= 15 is 0 Å². The van der Waals surface area contributed by atoms with Crippen molar-refractivity contribution < 1.29 is 19.1 Å². The maximum Gasteiger partial charge on any atom is 0.315 e. The summed E-state index contributed by atoms with van der Waals surface area (Å²) in [6.45, 7) is 0.955. The molecule has 1 spiro atoms. The van der Waals surface area contributed by atoms with Gasteiger partial charge in [-0.3, -0.25) is 14.4 Å². The highest BCUT2D eigenvalue weighted by Gasteiger charge is 2.40. The smallest absolute Gasteiger partial charge is 0.315 e. The van der Waals surface area contributed by atoms with Crippen molar-refractivity contribution in [2.75, 3.05) is 25.5 Å². The summed E-state index contributed by atoms with van der Waals surface area (Å²) in [6, 6.07) is 7.36. The Morgan fingerprint density at radius 1 is 1.22 bits per heavy atom. The predicted octanol–water partition coefficient (Wildman–Crippen LogP) is 0.724. The van der Waals surface area contributed by atoms with E-state index in [-0.39, 0.29) is 18.2 Å². The Kier molecular flexibility index (Phi) is 3.94. The minimum atomic E-state index is -0.534. The van der Waals surface area contributed by atoms with Crippen molar-refractivity contribution in [1.29, 1.82) is 0 Å². The lowest BCUT2D eigenvalue weighted by molar-refractivity contribution is -0.147. The SMILES string of the molecule is COC(=O)CC(=O)N1CCC2(CC1)NC(=O)c1ccccc1N2. The van der Waals surface area contributed by atoms with Crippen LogP contribution in [0.15, 0.2) is 24.3 Å². The molecule has 0 aliphatic carbocycles. The van der Waals surface area contributed by atoms with Gasteiger partial charge in [-0.15, -0.1) is 0 Å². The maximum absolute atomic E-state index is 12.3. The lowest BCUT2D eigenvalue weighted by Crippen LogP contribution is -2.62. The van der Waals surface area contributed by atoms with Crippen LogP contribution in [0.4, 0.5) is 5.69 Å². The van der Waals surface area contributed by atoms with Crippen molar-refractivity contribution in [3.8, 4) is 0 Å². The Morgan fingerprint density at radius 2 is 1.91 bits per heavy atom. The zero-order chi connectivity index (χ0) is 16.4. The van der Waals surface area contributed by atoms with Gasteiger partial charge in [-0.05, 0) is 12.1 Å². The van der Waals surface area contributed by atoms with E-state index in [1.54, 1.807) is 11.0 Å². The molecular formula is C16H19N3O4. The van der Waals surface area contributed by atoms with E-state index < -0.39 is 11.6 Å². The molecule has 1 fully saturated rings. The third-order valence-corrected chi connectivity index (χ3v) is 4.39.